The number of hydrogen-bond donors (Lipinski definition) is 0. The molecule has 0 fully saturated rings. The fourth-order valence-corrected chi connectivity index (χ4v) is 3.75. The molecule has 0 unspecified atom stereocenters. The molecule has 0 atom stereocenters. The van der Waals surface area contributed by atoms with Gasteiger partial charge in [0.2, 0.25) is 0 Å². The van der Waals surface area contributed by atoms with Crippen LogP contribution in [0, 0.1) is 0 Å². The molecule has 0 saturated carbocycles. The normalized spacial score (nSPS) is 11.6. The number of carbonyl (C=O) groups is 3. The van der Waals surface area contributed by atoms with Crippen molar-refractivity contribution >= 4 is 40.9 Å². The molecule has 0 aromatic heterocycles. The lowest BCUT2D eigenvalue weighted by Crippen LogP contribution is -2.15. The van der Waals surface area contributed by atoms with Crippen molar-refractivity contribution in [2.75, 3.05) is 26.4 Å². The Labute approximate surface area is 208 Å². The van der Waals surface area contributed by atoms with E-state index < -0.39 is 11.9 Å². The molecule has 7 nitrogen and oxygen atoms in total. The summed E-state index contributed by atoms with van der Waals surface area (Å²) in [6.45, 7) is 4.00. The minimum Gasteiger partial charge on any atom is -0.480 e. The molecule has 0 aliphatic heterocycles. The van der Waals surface area contributed by atoms with Crippen molar-refractivity contribution in [2.24, 2.45) is 0 Å². The van der Waals surface area contributed by atoms with Gasteiger partial charge in [-0.15, -0.1) is 0 Å². The highest BCUT2D eigenvalue weighted by atomic mass is 35.5. The minimum atomic E-state index is -0.513. The van der Waals surface area contributed by atoms with Gasteiger partial charge in [0.25, 0.3) is 0 Å². The summed E-state index contributed by atoms with van der Waals surface area (Å²) < 4.78 is 21.1. The zero-order valence-electron chi connectivity index (χ0n) is 19.1. The largest absolute Gasteiger partial charge is 0.480 e. The highest BCUT2D eigenvalue weighted by molar-refractivity contribution is 6.35. The van der Waals surface area contributed by atoms with Crippen molar-refractivity contribution in [3.63, 3.8) is 0 Å². The first-order chi connectivity index (χ1) is 16.3. The molecule has 0 radical (unpaired) electrons. The molecule has 0 amide bonds. The van der Waals surface area contributed by atoms with Crippen LogP contribution in [0.4, 0.5) is 0 Å². The number of unbranched alkanes of at least 4 members (excludes halogenated alkanes) is 2. The van der Waals surface area contributed by atoms with Crippen LogP contribution < -0.4 is 9.47 Å². The topological polar surface area (TPSA) is 88.1 Å². The van der Waals surface area contributed by atoms with Crippen LogP contribution in [-0.2, 0) is 19.1 Å². The van der Waals surface area contributed by atoms with Crippen LogP contribution in [-0.4, -0.2) is 44.1 Å². The number of benzene rings is 2. The molecule has 0 N–H and O–H groups in total. The second kappa shape index (κ2) is 12.1. The van der Waals surface area contributed by atoms with Crippen LogP contribution in [0.2, 0.25) is 10.0 Å². The Balaban J connectivity index is 1.72. The van der Waals surface area contributed by atoms with Crippen molar-refractivity contribution in [1.29, 1.82) is 0 Å². The van der Waals surface area contributed by atoms with E-state index in [2.05, 4.69) is 0 Å². The van der Waals surface area contributed by atoms with Gasteiger partial charge in [-0.1, -0.05) is 49.9 Å². The molecule has 2 aromatic carbocycles. The molecular weight excluding hydrogens is 483 g/mol. The van der Waals surface area contributed by atoms with Crippen LogP contribution in [0.5, 0.6) is 11.5 Å². The first kappa shape index (κ1) is 25.8. The molecule has 0 bridgehead atoms. The Morgan fingerprint density at radius 3 is 1.50 bits per heavy atom. The molecule has 0 heterocycles. The van der Waals surface area contributed by atoms with Gasteiger partial charge < -0.3 is 18.9 Å². The molecule has 1 aliphatic rings. The van der Waals surface area contributed by atoms with Crippen LogP contribution in [0.1, 0.15) is 55.5 Å². The first-order valence-corrected chi connectivity index (χ1v) is 11.9. The average molecular weight is 509 g/mol. The van der Waals surface area contributed by atoms with E-state index in [0.29, 0.717) is 35.5 Å². The third kappa shape index (κ3) is 6.21. The van der Waals surface area contributed by atoms with Crippen molar-refractivity contribution in [1.82, 2.24) is 0 Å². The fourth-order valence-electron chi connectivity index (χ4n) is 3.31. The lowest BCUT2D eigenvalue weighted by molar-refractivity contribution is -0.146. The fraction of sp³-hybridized carbons (Fsp3) is 0.400. The smallest absolute Gasteiger partial charge is 0.344 e. The average Bonchev–Trinajstić information content (AvgIpc) is 3.06. The number of ether oxygens (including phenoxy) is 4. The SMILES string of the molecule is CCCCOC(=O)COc1cc2c(cc1Cl)-c1cc(Cl)c(OCC(=O)OCCCC)cc1C2=O. The first-order valence-electron chi connectivity index (χ1n) is 11.1. The van der Waals surface area contributed by atoms with Crippen molar-refractivity contribution < 1.29 is 33.3 Å². The van der Waals surface area contributed by atoms with Gasteiger partial charge in [0.1, 0.15) is 11.5 Å². The molecule has 3 rings (SSSR count). The minimum absolute atomic E-state index is 0.200. The summed E-state index contributed by atoms with van der Waals surface area (Å²) in [5.74, 6) is -0.898. The van der Waals surface area contributed by atoms with E-state index in [1.807, 2.05) is 13.8 Å². The molecule has 9 heteroatoms. The predicted molar refractivity (Wildman–Crippen MR) is 128 cm³/mol. The summed E-state index contributed by atoms with van der Waals surface area (Å²) in [5, 5.41) is 0.485. The van der Waals surface area contributed by atoms with Gasteiger partial charge in [-0.05, 0) is 48.2 Å². The van der Waals surface area contributed by atoms with E-state index in [0.717, 1.165) is 25.7 Å². The lowest BCUT2D eigenvalue weighted by atomic mass is 10.1. The summed E-state index contributed by atoms with van der Waals surface area (Å²) in [4.78, 5) is 36.7. The van der Waals surface area contributed by atoms with Gasteiger partial charge in [0.05, 0.1) is 23.3 Å². The lowest BCUT2D eigenvalue weighted by Gasteiger charge is -2.11. The number of fused-ring (bicyclic) bond motifs is 3. The van der Waals surface area contributed by atoms with E-state index >= 15 is 0 Å². The monoisotopic (exact) mass is 508 g/mol. The molecule has 34 heavy (non-hydrogen) atoms. The summed E-state index contributed by atoms with van der Waals surface area (Å²) in [5.41, 5.74) is 1.91. The predicted octanol–water partition coefficient (Wildman–Crippen LogP) is 5.65. The maximum absolute atomic E-state index is 13.1. The zero-order valence-corrected chi connectivity index (χ0v) is 20.6. The van der Waals surface area contributed by atoms with Crippen LogP contribution in [0.25, 0.3) is 11.1 Å². The molecular formula is C25H26Cl2O7. The van der Waals surface area contributed by atoms with Crippen molar-refractivity contribution in [3.8, 4) is 22.6 Å². The van der Waals surface area contributed by atoms with Crippen molar-refractivity contribution in [2.45, 2.75) is 39.5 Å². The van der Waals surface area contributed by atoms with Gasteiger partial charge in [-0.2, -0.15) is 0 Å². The Kier molecular flexibility index (Phi) is 9.19. The van der Waals surface area contributed by atoms with Crippen LogP contribution >= 0.6 is 23.2 Å². The van der Waals surface area contributed by atoms with E-state index in [1.165, 1.54) is 12.1 Å². The highest BCUT2D eigenvalue weighted by Crippen LogP contribution is 2.44. The summed E-state index contributed by atoms with van der Waals surface area (Å²) in [7, 11) is 0. The Morgan fingerprint density at radius 1 is 0.706 bits per heavy atom. The van der Waals surface area contributed by atoms with Gasteiger partial charge in [0.15, 0.2) is 19.0 Å². The Bertz CT molecular complexity index is 998. The maximum atomic E-state index is 13.1. The zero-order chi connectivity index (χ0) is 24.7. The summed E-state index contributed by atoms with van der Waals surface area (Å²) in [6, 6.07) is 6.19. The second-order valence-corrected chi connectivity index (χ2v) is 8.53. The molecule has 182 valence electrons. The number of hydrogen-bond acceptors (Lipinski definition) is 7. The molecule has 1 aliphatic carbocycles. The quantitative estimate of drug-likeness (QED) is 0.230. The number of rotatable bonds is 12. The number of carbonyl (C=O) groups excluding carboxylic acids is 3. The Hall–Kier alpha value is -2.77. The van der Waals surface area contributed by atoms with Crippen LogP contribution in [0.15, 0.2) is 24.3 Å². The van der Waals surface area contributed by atoms with E-state index in [4.69, 9.17) is 42.1 Å². The van der Waals surface area contributed by atoms with E-state index in [-0.39, 0.29) is 40.5 Å². The number of ketones is 1. The van der Waals surface area contributed by atoms with E-state index in [9.17, 15) is 14.4 Å². The van der Waals surface area contributed by atoms with Gasteiger partial charge in [0, 0.05) is 11.1 Å². The molecule has 0 saturated heterocycles. The summed E-state index contributed by atoms with van der Waals surface area (Å²) >= 11 is 12.7. The number of halogens is 2. The standard InChI is InChI=1S/C25H26Cl2O7/c1-3-5-7-31-23(28)13-33-21-11-17-15(9-19(21)26)16-10-20(27)22(12-18(16)25(17)30)34-14-24(29)32-8-6-4-2/h9-12H,3-8,13-14H2,1-2H3. The Morgan fingerprint density at radius 2 is 1.12 bits per heavy atom. The van der Waals surface area contributed by atoms with Gasteiger partial charge >= 0.3 is 11.9 Å². The highest BCUT2D eigenvalue weighted by Gasteiger charge is 2.30. The van der Waals surface area contributed by atoms with Crippen molar-refractivity contribution in [3.05, 3.63) is 45.4 Å². The van der Waals surface area contributed by atoms with E-state index in [1.54, 1.807) is 12.1 Å². The third-order valence-corrected chi connectivity index (χ3v) is 5.73. The van der Waals surface area contributed by atoms with Gasteiger partial charge in [-0.25, -0.2) is 9.59 Å². The maximum Gasteiger partial charge on any atom is 0.344 e. The van der Waals surface area contributed by atoms with Crippen LogP contribution in [0.3, 0.4) is 0 Å². The van der Waals surface area contributed by atoms with Gasteiger partial charge in [-0.3, -0.25) is 4.79 Å². The second-order valence-electron chi connectivity index (χ2n) is 7.71. The summed E-state index contributed by atoms with van der Waals surface area (Å²) in [6.07, 6.45) is 3.36. The number of esters is 2. The molecule has 2 aromatic rings. The molecule has 0 spiro atoms. The third-order valence-electron chi connectivity index (χ3n) is 5.14.